The number of dihydropyridines is 1. The number of hydrogen-bond acceptors (Lipinski definition) is 7. The number of nitrogens with one attached hydrogen (secondary N) is 1. The van der Waals surface area contributed by atoms with E-state index in [0.717, 1.165) is 11.8 Å². The second-order valence-electron chi connectivity index (χ2n) is 7.04. The first-order valence-electron chi connectivity index (χ1n) is 9.52. The van der Waals surface area contributed by atoms with Crippen LogP contribution in [0.15, 0.2) is 70.4 Å². The van der Waals surface area contributed by atoms with E-state index in [1.807, 2.05) is 0 Å². The van der Waals surface area contributed by atoms with Gasteiger partial charge in [-0.05, 0) is 37.6 Å². The van der Waals surface area contributed by atoms with Gasteiger partial charge < -0.3 is 5.32 Å². The van der Waals surface area contributed by atoms with Gasteiger partial charge in [0.1, 0.15) is 0 Å². The van der Waals surface area contributed by atoms with Gasteiger partial charge >= 0.3 is 0 Å². The summed E-state index contributed by atoms with van der Waals surface area (Å²) < 4.78 is 0. The highest BCUT2D eigenvalue weighted by atomic mass is 35.5. The molecule has 0 saturated carbocycles. The van der Waals surface area contributed by atoms with E-state index in [1.165, 1.54) is 31.2 Å². The van der Waals surface area contributed by atoms with Crippen LogP contribution in [-0.4, -0.2) is 22.2 Å². The van der Waals surface area contributed by atoms with Crippen LogP contribution in [0, 0.1) is 21.4 Å². The van der Waals surface area contributed by atoms with Crippen LogP contribution in [0.4, 0.5) is 5.69 Å². The Kier molecular flexibility index (Phi) is 7.13. The van der Waals surface area contributed by atoms with Crippen LogP contribution in [0.25, 0.3) is 0 Å². The lowest BCUT2D eigenvalue weighted by Gasteiger charge is -2.29. The third-order valence-electron chi connectivity index (χ3n) is 4.99. The number of halogens is 1. The summed E-state index contributed by atoms with van der Waals surface area (Å²) >= 11 is 7.53. The van der Waals surface area contributed by atoms with Gasteiger partial charge in [0.15, 0.2) is 11.6 Å². The zero-order valence-corrected chi connectivity index (χ0v) is 18.8. The van der Waals surface area contributed by atoms with Crippen molar-refractivity contribution in [2.24, 2.45) is 0 Å². The fourth-order valence-electron chi connectivity index (χ4n) is 3.50. The van der Waals surface area contributed by atoms with Crippen molar-refractivity contribution >= 4 is 40.6 Å². The number of ketones is 2. The van der Waals surface area contributed by atoms with Crippen molar-refractivity contribution in [2.45, 2.75) is 19.8 Å². The highest BCUT2D eigenvalue weighted by Gasteiger charge is 2.34. The Morgan fingerprint density at radius 2 is 1.88 bits per heavy atom. The third kappa shape index (κ3) is 4.74. The van der Waals surface area contributed by atoms with Gasteiger partial charge in [0.2, 0.25) is 0 Å². The molecule has 2 aromatic rings. The van der Waals surface area contributed by atoms with Crippen LogP contribution in [0.3, 0.4) is 0 Å². The SMILES string of the molecule is CC(=O)C1=C(C)NC(SCC(=O)c2ccc([N+](=O)[O-])cc2)=C(C#N)[C@@H]1c1ccccc1Cl. The highest BCUT2D eigenvalue weighted by Crippen LogP contribution is 2.43. The molecule has 0 amide bonds. The molecule has 0 aliphatic carbocycles. The van der Waals surface area contributed by atoms with Gasteiger partial charge in [-0.1, -0.05) is 41.6 Å². The predicted octanol–water partition coefficient (Wildman–Crippen LogP) is 5.15. The van der Waals surface area contributed by atoms with Gasteiger partial charge in [-0.2, -0.15) is 5.26 Å². The van der Waals surface area contributed by atoms with Crippen LogP contribution in [0.5, 0.6) is 0 Å². The lowest BCUT2D eigenvalue weighted by molar-refractivity contribution is -0.384. The summed E-state index contributed by atoms with van der Waals surface area (Å²) in [7, 11) is 0. The molecule has 9 heteroatoms. The molecule has 0 fully saturated rings. The topological polar surface area (TPSA) is 113 Å². The second-order valence-corrected chi connectivity index (χ2v) is 8.44. The van der Waals surface area contributed by atoms with Gasteiger partial charge in [0.25, 0.3) is 5.69 Å². The molecular weight excluding hydrogens is 450 g/mol. The molecule has 0 bridgehead atoms. The standard InChI is InChI=1S/C23H18ClN3O4S/c1-13-21(14(2)28)22(17-5-3-4-6-19(17)24)18(11-25)23(26-13)32-12-20(29)15-7-9-16(10-8-15)27(30)31/h3-10,22,26H,12H2,1-2H3/t22-/m0/s1. The Hall–Kier alpha value is -3.41. The number of benzene rings is 2. The quantitative estimate of drug-likeness (QED) is 0.340. The van der Waals surface area contributed by atoms with Crippen molar-refractivity contribution in [3.8, 4) is 6.07 Å². The molecule has 32 heavy (non-hydrogen) atoms. The highest BCUT2D eigenvalue weighted by molar-refractivity contribution is 8.03. The lowest BCUT2D eigenvalue weighted by Crippen LogP contribution is -2.27. The van der Waals surface area contributed by atoms with E-state index in [1.54, 1.807) is 31.2 Å². The van der Waals surface area contributed by atoms with Crippen molar-refractivity contribution in [3.05, 3.63) is 96.7 Å². The number of Topliss-reactive ketones (excluding diaryl/α,β-unsaturated/α-hetero) is 2. The van der Waals surface area contributed by atoms with Gasteiger partial charge in [0.05, 0.1) is 33.3 Å². The van der Waals surface area contributed by atoms with Crippen LogP contribution >= 0.6 is 23.4 Å². The van der Waals surface area contributed by atoms with Crippen molar-refractivity contribution in [1.82, 2.24) is 5.32 Å². The fraction of sp³-hybridized carbons (Fsp3) is 0.174. The summed E-state index contributed by atoms with van der Waals surface area (Å²) in [4.78, 5) is 35.3. The zero-order chi connectivity index (χ0) is 23.4. The van der Waals surface area contributed by atoms with Gasteiger partial charge in [-0.25, -0.2) is 0 Å². The molecule has 0 saturated heterocycles. The Morgan fingerprint density at radius 1 is 1.22 bits per heavy atom. The largest absolute Gasteiger partial charge is 0.353 e. The average molecular weight is 468 g/mol. The summed E-state index contributed by atoms with van der Waals surface area (Å²) in [6.07, 6.45) is 0. The van der Waals surface area contributed by atoms with Gasteiger partial charge in [-0.3, -0.25) is 19.7 Å². The maximum Gasteiger partial charge on any atom is 0.269 e. The number of hydrogen-bond donors (Lipinski definition) is 1. The molecule has 1 aliphatic rings. The van der Waals surface area contributed by atoms with E-state index in [0.29, 0.717) is 38.0 Å². The zero-order valence-electron chi connectivity index (χ0n) is 17.2. The fourth-order valence-corrected chi connectivity index (χ4v) is 4.73. The maximum atomic E-state index is 12.6. The van der Waals surface area contributed by atoms with E-state index >= 15 is 0 Å². The molecule has 1 N–H and O–H groups in total. The first-order chi connectivity index (χ1) is 15.2. The summed E-state index contributed by atoms with van der Waals surface area (Å²) in [6.45, 7) is 3.18. The predicted molar refractivity (Wildman–Crippen MR) is 123 cm³/mol. The number of non-ortho nitro benzene ring substituents is 1. The summed E-state index contributed by atoms with van der Waals surface area (Å²) in [6, 6.07) is 14.6. The number of nitro groups is 1. The Labute approximate surface area is 193 Å². The summed E-state index contributed by atoms with van der Waals surface area (Å²) in [5, 5.41) is 24.7. The average Bonchev–Trinajstić information content (AvgIpc) is 2.77. The number of nitriles is 1. The van der Waals surface area contributed by atoms with E-state index < -0.39 is 10.8 Å². The Bertz CT molecular complexity index is 1210. The molecule has 7 nitrogen and oxygen atoms in total. The van der Waals surface area contributed by atoms with Gasteiger partial charge in [0, 0.05) is 34.0 Å². The van der Waals surface area contributed by atoms with Crippen molar-refractivity contribution in [1.29, 1.82) is 5.26 Å². The Morgan fingerprint density at radius 3 is 2.44 bits per heavy atom. The molecule has 3 rings (SSSR count). The molecule has 1 atom stereocenters. The van der Waals surface area contributed by atoms with Crippen molar-refractivity contribution < 1.29 is 14.5 Å². The third-order valence-corrected chi connectivity index (χ3v) is 6.35. The summed E-state index contributed by atoms with van der Waals surface area (Å²) in [5.41, 5.74) is 2.20. The number of nitrogens with zero attached hydrogens (tertiary/aromatic N) is 2. The molecule has 0 aromatic heterocycles. The Balaban J connectivity index is 1.93. The smallest absolute Gasteiger partial charge is 0.269 e. The maximum absolute atomic E-state index is 12.6. The second kappa shape index (κ2) is 9.81. The van der Waals surface area contributed by atoms with Crippen LogP contribution in [0.1, 0.15) is 35.7 Å². The normalized spacial score (nSPS) is 15.8. The minimum Gasteiger partial charge on any atom is -0.353 e. The van der Waals surface area contributed by atoms with E-state index in [2.05, 4.69) is 11.4 Å². The molecule has 0 unspecified atom stereocenters. The molecule has 0 spiro atoms. The van der Waals surface area contributed by atoms with Crippen LogP contribution in [0.2, 0.25) is 5.02 Å². The molecule has 1 aliphatic heterocycles. The number of carbonyl (C=O) groups is 2. The minimum atomic E-state index is -0.649. The van der Waals surface area contributed by atoms with Crippen molar-refractivity contribution in [3.63, 3.8) is 0 Å². The monoisotopic (exact) mass is 467 g/mol. The molecule has 2 aromatic carbocycles. The number of rotatable bonds is 7. The molecule has 1 heterocycles. The first-order valence-corrected chi connectivity index (χ1v) is 10.9. The molecule has 162 valence electrons. The number of allylic oxidation sites excluding steroid dienone is 3. The van der Waals surface area contributed by atoms with E-state index in [4.69, 9.17) is 11.6 Å². The lowest BCUT2D eigenvalue weighted by atomic mass is 9.81. The first kappa shape index (κ1) is 23.3. The van der Waals surface area contributed by atoms with Crippen LogP contribution in [-0.2, 0) is 4.79 Å². The molecular formula is C23H18ClN3O4S. The minimum absolute atomic E-state index is 0.00323. The van der Waals surface area contributed by atoms with Crippen molar-refractivity contribution in [2.75, 3.05) is 5.75 Å². The number of thioether (sulfide) groups is 1. The number of nitro benzene ring substituents is 1. The summed E-state index contributed by atoms with van der Waals surface area (Å²) in [5.74, 6) is -1.07. The van der Waals surface area contributed by atoms with E-state index in [-0.39, 0.29) is 23.0 Å². The van der Waals surface area contributed by atoms with Crippen LogP contribution < -0.4 is 5.32 Å². The van der Waals surface area contributed by atoms with Gasteiger partial charge in [-0.15, -0.1) is 0 Å². The number of carbonyl (C=O) groups excluding carboxylic acids is 2. The van der Waals surface area contributed by atoms with E-state index in [9.17, 15) is 25.0 Å². The molecule has 0 radical (unpaired) electrons.